The smallest absolute Gasteiger partial charge is 0.165 e. The van der Waals surface area contributed by atoms with Gasteiger partial charge in [-0.05, 0) is 85.3 Å². The zero-order chi connectivity index (χ0) is 26.0. The van der Waals surface area contributed by atoms with Crippen LogP contribution in [0.25, 0.3) is 22.3 Å². The van der Waals surface area contributed by atoms with Crippen LogP contribution in [-0.4, -0.2) is 5.67 Å². The third-order valence-electron chi connectivity index (χ3n) is 5.60. The van der Waals surface area contributed by atoms with Gasteiger partial charge in [0.05, 0.1) is 0 Å². The van der Waals surface area contributed by atoms with Gasteiger partial charge in [0, 0.05) is 17.5 Å². The topological polar surface area (TPSA) is 0 Å². The van der Waals surface area contributed by atoms with Crippen LogP contribution < -0.4 is 0 Å². The average molecular weight is 473 g/mol. The maximum Gasteiger partial charge on any atom is 0.165 e. The molecule has 0 unspecified atom stereocenters. The standard InChI is InChI=1S/C18H17F.C17H16/c1-14-6-4-5-7-17(14)16-10-8-15(9-11-16)12-13-18(2,3)19;1-3-4-8-15-10-12-16(13-11-15)17-9-6-5-7-14(17)2/h4-11H,1-3H3;5-7,9-13H,3H2,1-2H3. The van der Waals surface area contributed by atoms with Gasteiger partial charge in [-0.3, -0.25) is 0 Å². The molecule has 4 rings (SSSR count). The summed E-state index contributed by atoms with van der Waals surface area (Å²) in [5, 5.41) is 0. The lowest BCUT2D eigenvalue weighted by Crippen LogP contribution is -2.06. The van der Waals surface area contributed by atoms with Crippen LogP contribution in [0.5, 0.6) is 0 Å². The molecule has 0 bridgehead atoms. The summed E-state index contributed by atoms with van der Waals surface area (Å²) in [4.78, 5) is 0. The van der Waals surface area contributed by atoms with Crippen molar-refractivity contribution in [3.8, 4) is 45.9 Å². The second-order valence-electron chi connectivity index (χ2n) is 9.16. The summed E-state index contributed by atoms with van der Waals surface area (Å²) in [6.45, 7) is 9.22. The van der Waals surface area contributed by atoms with E-state index < -0.39 is 5.67 Å². The first kappa shape index (κ1) is 26.5. The SMILES string of the molecule is CCC#Cc1ccc(-c2ccccc2C)cc1.Cc1ccccc1-c1ccc(C#CC(C)(C)F)cc1. The normalized spacial score (nSPS) is 10.2. The van der Waals surface area contributed by atoms with Crippen LogP contribution in [0.15, 0.2) is 97.1 Å². The summed E-state index contributed by atoms with van der Waals surface area (Å²) in [6.07, 6.45) is 0.902. The molecule has 0 radical (unpaired) electrons. The molecule has 0 heterocycles. The van der Waals surface area contributed by atoms with Crippen LogP contribution in [0.1, 0.15) is 49.4 Å². The van der Waals surface area contributed by atoms with Crippen molar-refractivity contribution in [3.05, 3.63) is 119 Å². The molecule has 0 N–H and O–H groups in total. The van der Waals surface area contributed by atoms with Crippen molar-refractivity contribution in [2.75, 3.05) is 0 Å². The van der Waals surface area contributed by atoms with Gasteiger partial charge in [0.15, 0.2) is 5.67 Å². The Morgan fingerprint density at radius 3 is 1.42 bits per heavy atom. The molecule has 4 aromatic carbocycles. The Morgan fingerprint density at radius 2 is 1.03 bits per heavy atom. The molecule has 0 saturated carbocycles. The molecule has 0 amide bonds. The largest absolute Gasteiger partial charge is 0.230 e. The molecule has 1 heteroatoms. The zero-order valence-electron chi connectivity index (χ0n) is 21.8. The fraction of sp³-hybridized carbons (Fsp3) is 0.200. The lowest BCUT2D eigenvalue weighted by atomic mass is 9.99. The van der Waals surface area contributed by atoms with Gasteiger partial charge < -0.3 is 0 Å². The highest BCUT2D eigenvalue weighted by Crippen LogP contribution is 2.24. The molecule has 4 aromatic rings. The Labute approximate surface area is 216 Å². The summed E-state index contributed by atoms with van der Waals surface area (Å²) in [5.41, 5.74) is 7.94. The van der Waals surface area contributed by atoms with Crippen LogP contribution in [0, 0.1) is 37.5 Å². The molecule has 0 aliphatic rings. The highest BCUT2D eigenvalue weighted by molar-refractivity contribution is 5.68. The van der Waals surface area contributed by atoms with Gasteiger partial charge in [0.25, 0.3) is 0 Å². The number of hydrogen-bond acceptors (Lipinski definition) is 0. The molecule has 0 saturated heterocycles. The van der Waals surface area contributed by atoms with E-state index >= 15 is 0 Å². The molecular weight excluding hydrogens is 439 g/mol. The van der Waals surface area contributed by atoms with E-state index in [4.69, 9.17) is 0 Å². The quantitative estimate of drug-likeness (QED) is 0.255. The Morgan fingerprint density at radius 1 is 0.611 bits per heavy atom. The van der Waals surface area contributed by atoms with E-state index in [1.54, 1.807) is 0 Å². The summed E-state index contributed by atoms with van der Waals surface area (Å²) in [7, 11) is 0. The number of benzene rings is 4. The molecule has 0 atom stereocenters. The molecule has 0 aliphatic carbocycles. The predicted molar refractivity (Wildman–Crippen MR) is 152 cm³/mol. The van der Waals surface area contributed by atoms with E-state index in [1.807, 2.05) is 36.4 Å². The minimum atomic E-state index is -1.45. The fourth-order valence-electron chi connectivity index (χ4n) is 3.67. The van der Waals surface area contributed by atoms with Crippen LogP contribution in [0.4, 0.5) is 4.39 Å². The number of halogens is 1. The lowest BCUT2D eigenvalue weighted by molar-refractivity contribution is 0.301. The van der Waals surface area contributed by atoms with Crippen molar-refractivity contribution < 1.29 is 4.39 Å². The van der Waals surface area contributed by atoms with Gasteiger partial charge >= 0.3 is 0 Å². The third kappa shape index (κ3) is 8.01. The Balaban J connectivity index is 0.000000202. The summed E-state index contributed by atoms with van der Waals surface area (Å²) >= 11 is 0. The minimum absolute atomic E-state index is 0.836. The van der Waals surface area contributed by atoms with Crippen molar-refractivity contribution in [1.82, 2.24) is 0 Å². The minimum Gasteiger partial charge on any atom is -0.230 e. The van der Waals surface area contributed by atoms with Crippen LogP contribution in [0.3, 0.4) is 0 Å². The number of alkyl halides is 1. The molecule has 0 fully saturated rings. The van der Waals surface area contributed by atoms with E-state index in [0.717, 1.165) is 23.1 Å². The Kier molecular flexibility index (Phi) is 9.27. The highest BCUT2D eigenvalue weighted by atomic mass is 19.1. The highest BCUT2D eigenvalue weighted by Gasteiger charge is 2.09. The van der Waals surface area contributed by atoms with E-state index in [-0.39, 0.29) is 0 Å². The molecular formula is C35H33F. The number of hydrogen-bond donors (Lipinski definition) is 0. The van der Waals surface area contributed by atoms with Crippen molar-refractivity contribution in [2.24, 2.45) is 0 Å². The maximum atomic E-state index is 13.3. The molecule has 36 heavy (non-hydrogen) atoms. The second kappa shape index (κ2) is 12.6. The Hall–Kier alpha value is -4.07. The Bertz CT molecular complexity index is 1390. The predicted octanol–water partition coefficient (Wildman–Crippen LogP) is 9.19. The van der Waals surface area contributed by atoms with Gasteiger partial charge in [-0.25, -0.2) is 4.39 Å². The fourth-order valence-corrected chi connectivity index (χ4v) is 3.67. The molecule has 180 valence electrons. The van der Waals surface area contributed by atoms with Gasteiger partial charge in [0.1, 0.15) is 0 Å². The summed E-state index contributed by atoms with van der Waals surface area (Å²) in [5.74, 6) is 11.7. The third-order valence-corrected chi connectivity index (χ3v) is 5.60. The summed E-state index contributed by atoms with van der Waals surface area (Å²) in [6, 6.07) is 33.1. The first-order valence-corrected chi connectivity index (χ1v) is 12.3. The summed E-state index contributed by atoms with van der Waals surface area (Å²) < 4.78 is 13.3. The van der Waals surface area contributed by atoms with Crippen LogP contribution in [0.2, 0.25) is 0 Å². The maximum absolute atomic E-state index is 13.3. The van der Waals surface area contributed by atoms with Crippen molar-refractivity contribution in [2.45, 2.75) is 46.7 Å². The van der Waals surface area contributed by atoms with Gasteiger partial charge in [-0.2, -0.15) is 0 Å². The number of aryl methyl sites for hydroxylation is 2. The first-order chi connectivity index (χ1) is 17.3. The number of rotatable bonds is 2. The van der Waals surface area contributed by atoms with Crippen LogP contribution >= 0.6 is 0 Å². The zero-order valence-corrected chi connectivity index (χ0v) is 21.8. The molecule has 0 aromatic heterocycles. The van der Waals surface area contributed by atoms with E-state index in [2.05, 4.69) is 105 Å². The molecule has 0 nitrogen and oxygen atoms in total. The van der Waals surface area contributed by atoms with E-state index in [9.17, 15) is 4.39 Å². The average Bonchev–Trinajstić information content (AvgIpc) is 2.88. The van der Waals surface area contributed by atoms with E-state index in [1.165, 1.54) is 41.7 Å². The van der Waals surface area contributed by atoms with E-state index in [0.29, 0.717) is 0 Å². The van der Waals surface area contributed by atoms with Gasteiger partial charge in [0.2, 0.25) is 0 Å². The second-order valence-corrected chi connectivity index (χ2v) is 9.16. The van der Waals surface area contributed by atoms with Gasteiger partial charge in [-0.15, -0.1) is 0 Å². The molecule has 0 aliphatic heterocycles. The first-order valence-electron chi connectivity index (χ1n) is 12.3. The van der Waals surface area contributed by atoms with Crippen molar-refractivity contribution in [3.63, 3.8) is 0 Å². The van der Waals surface area contributed by atoms with Crippen molar-refractivity contribution in [1.29, 1.82) is 0 Å². The molecule has 0 spiro atoms. The lowest BCUT2D eigenvalue weighted by Gasteiger charge is -2.06. The van der Waals surface area contributed by atoms with Crippen molar-refractivity contribution >= 4 is 0 Å². The van der Waals surface area contributed by atoms with Gasteiger partial charge in [-0.1, -0.05) is 103 Å². The van der Waals surface area contributed by atoms with Crippen LogP contribution in [-0.2, 0) is 0 Å². The monoisotopic (exact) mass is 472 g/mol.